The lowest BCUT2D eigenvalue weighted by Gasteiger charge is -2.15. The van der Waals surface area contributed by atoms with E-state index < -0.39 is 29.3 Å². The molecule has 1 aliphatic rings. The average Bonchev–Trinajstić information content (AvgIpc) is 3.01. The first-order chi connectivity index (χ1) is 12.3. The van der Waals surface area contributed by atoms with Gasteiger partial charge in [-0.1, -0.05) is 0 Å². The van der Waals surface area contributed by atoms with Gasteiger partial charge in [0.2, 0.25) is 0 Å². The molecule has 9 nitrogen and oxygen atoms in total. The molecular weight excluding hydrogens is 364 g/mol. The van der Waals surface area contributed by atoms with Crippen molar-refractivity contribution in [2.24, 2.45) is 0 Å². The molecule has 1 aliphatic heterocycles. The first kappa shape index (κ1) is 17.2. The van der Waals surface area contributed by atoms with Crippen LogP contribution in [0.2, 0.25) is 0 Å². The Morgan fingerprint density at radius 2 is 1.77 bits per heavy atom. The second kappa shape index (κ2) is 6.33. The smallest absolute Gasteiger partial charge is 0.335 e. The number of carboxylic acids is 1. The van der Waals surface area contributed by atoms with Gasteiger partial charge in [-0.2, -0.15) is 0 Å². The Bertz CT molecular complexity index is 984. The molecule has 0 atom stereocenters. The molecule has 132 valence electrons. The SMILES string of the molecule is O=C1NC(=S)NC(=O)C1=Cc1ccc(-c2cc(C(=O)O)cc(O)c2O)o1. The van der Waals surface area contributed by atoms with Gasteiger partial charge in [0.15, 0.2) is 16.6 Å². The fourth-order valence-electron chi connectivity index (χ4n) is 2.25. The lowest BCUT2D eigenvalue weighted by atomic mass is 10.1. The van der Waals surface area contributed by atoms with Crippen LogP contribution >= 0.6 is 12.2 Å². The maximum absolute atomic E-state index is 11.8. The number of aromatic carboxylic acids is 1. The van der Waals surface area contributed by atoms with Gasteiger partial charge in [0.05, 0.1) is 11.1 Å². The fourth-order valence-corrected chi connectivity index (χ4v) is 2.44. The number of phenolic OH excluding ortho intramolecular Hbond substituents is 2. The van der Waals surface area contributed by atoms with Crippen molar-refractivity contribution in [3.8, 4) is 22.8 Å². The summed E-state index contributed by atoms with van der Waals surface area (Å²) in [6.45, 7) is 0. The number of nitrogens with one attached hydrogen (secondary N) is 2. The van der Waals surface area contributed by atoms with Crippen molar-refractivity contribution in [3.63, 3.8) is 0 Å². The van der Waals surface area contributed by atoms with Gasteiger partial charge in [-0.15, -0.1) is 0 Å². The van der Waals surface area contributed by atoms with E-state index in [1.165, 1.54) is 12.1 Å². The van der Waals surface area contributed by atoms with E-state index in [1.807, 2.05) is 0 Å². The van der Waals surface area contributed by atoms with Gasteiger partial charge < -0.3 is 19.7 Å². The summed E-state index contributed by atoms with van der Waals surface area (Å²) < 4.78 is 5.43. The fraction of sp³-hybridized carbons (Fsp3) is 0. The number of furan rings is 1. The zero-order valence-electron chi connectivity index (χ0n) is 12.8. The molecule has 26 heavy (non-hydrogen) atoms. The van der Waals surface area contributed by atoms with Crippen molar-refractivity contribution in [3.05, 3.63) is 41.2 Å². The van der Waals surface area contributed by atoms with Crippen molar-refractivity contribution in [2.75, 3.05) is 0 Å². The summed E-state index contributed by atoms with van der Waals surface area (Å²) in [5.74, 6) is -3.79. The minimum Gasteiger partial charge on any atom is -0.504 e. The maximum Gasteiger partial charge on any atom is 0.335 e. The molecule has 5 N–H and O–H groups in total. The molecule has 2 amide bonds. The molecule has 0 radical (unpaired) electrons. The number of phenols is 2. The second-order valence-corrected chi connectivity index (χ2v) is 5.60. The van der Waals surface area contributed by atoms with E-state index in [4.69, 9.17) is 21.7 Å². The number of amides is 2. The van der Waals surface area contributed by atoms with Crippen LogP contribution in [-0.2, 0) is 9.59 Å². The van der Waals surface area contributed by atoms with Crippen LogP contribution in [0.1, 0.15) is 16.1 Å². The first-order valence-electron chi connectivity index (χ1n) is 7.04. The van der Waals surface area contributed by atoms with Gasteiger partial charge in [-0.05, 0) is 42.6 Å². The predicted octanol–water partition coefficient (Wildman–Crippen LogP) is 0.970. The van der Waals surface area contributed by atoms with E-state index in [0.717, 1.165) is 18.2 Å². The molecule has 1 aromatic carbocycles. The van der Waals surface area contributed by atoms with Gasteiger partial charge in [-0.3, -0.25) is 20.2 Å². The number of carboxylic acid groups (broad SMARTS) is 1. The van der Waals surface area contributed by atoms with Crippen molar-refractivity contribution < 1.29 is 34.1 Å². The normalized spacial score (nSPS) is 14.0. The number of carbonyl (C=O) groups excluding carboxylic acids is 2. The van der Waals surface area contributed by atoms with Crippen molar-refractivity contribution in [2.45, 2.75) is 0 Å². The van der Waals surface area contributed by atoms with Crippen LogP contribution in [0, 0.1) is 0 Å². The minimum absolute atomic E-state index is 0.0277. The van der Waals surface area contributed by atoms with Crippen LogP contribution in [0.5, 0.6) is 11.5 Å². The van der Waals surface area contributed by atoms with Gasteiger partial charge in [0.25, 0.3) is 11.8 Å². The molecule has 10 heteroatoms. The Labute approximate surface area is 150 Å². The first-order valence-corrected chi connectivity index (χ1v) is 7.45. The summed E-state index contributed by atoms with van der Waals surface area (Å²) in [4.78, 5) is 34.7. The zero-order chi connectivity index (χ0) is 19.0. The topological polar surface area (TPSA) is 149 Å². The van der Waals surface area contributed by atoms with Crippen molar-refractivity contribution in [1.82, 2.24) is 10.6 Å². The van der Waals surface area contributed by atoms with Crippen LogP contribution in [0.3, 0.4) is 0 Å². The third-order valence-electron chi connectivity index (χ3n) is 3.46. The molecule has 2 aromatic rings. The highest BCUT2D eigenvalue weighted by Gasteiger charge is 2.26. The molecule has 3 rings (SSSR count). The number of hydrogen-bond donors (Lipinski definition) is 5. The highest BCUT2D eigenvalue weighted by Crippen LogP contribution is 2.38. The lowest BCUT2D eigenvalue weighted by molar-refractivity contribution is -0.123. The van der Waals surface area contributed by atoms with E-state index in [0.29, 0.717) is 0 Å². The van der Waals surface area contributed by atoms with Gasteiger partial charge in [0.1, 0.15) is 17.1 Å². The van der Waals surface area contributed by atoms with Crippen LogP contribution < -0.4 is 10.6 Å². The standard InChI is InChI=1S/C16H10N2O7S/c19-10-4-6(15(23)24)3-8(12(10)20)11-2-1-7(25-11)5-9-13(21)17-16(26)18-14(9)22/h1-5,19-20H,(H,23,24)(H2,17,18,21,22,26). The van der Waals surface area contributed by atoms with Crippen molar-refractivity contribution >= 4 is 41.2 Å². The largest absolute Gasteiger partial charge is 0.504 e. The second-order valence-electron chi connectivity index (χ2n) is 5.19. The number of thiocarbonyl (C=S) groups is 1. The Kier molecular flexibility index (Phi) is 4.18. The Morgan fingerprint density at radius 1 is 1.12 bits per heavy atom. The monoisotopic (exact) mass is 374 g/mol. The molecule has 0 spiro atoms. The molecule has 0 bridgehead atoms. The quantitative estimate of drug-likeness (QED) is 0.231. The molecule has 2 heterocycles. The molecule has 1 fully saturated rings. The lowest BCUT2D eigenvalue weighted by Crippen LogP contribution is -2.51. The van der Waals surface area contributed by atoms with Crippen molar-refractivity contribution in [1.29, 1.82) is 0 Å². The molecule has 1 saturated heterocycles. The molecular formula is C16H10N2O7S. The number of hydrogen-bond acceptors (Lipinski definition) is 7. The Morgan fingerprint density at radius 3 is 2.38 bits per heavy atom. The summed E-state index contributed by atoms with van der Waals surface area (Å²) >= 11 is 4.69. The van der Waals surface area contributed by atoms with E-state index in [1.54, 1.807) is 0 Å². The van der Waals surface area contributed by atoms with Crippen LogP contribution in [-0.4, -0.2) is 38.2 Å². The number of rotatable bonds is 3. The summed E-state index contributed by atoms with van der Waals surface area (Å²) in [6, 6.07) is 4.80. The minimum atomic E-state index is -1.30. The van der Waals surface area contributed by atoms with Gasteiger partial charge in [0, 0.05) is 0 Å². The predicted molar refractivity (Wildman–Crippen MR) is 91.3 cm³/mol. The van der Waals surface area contributed by atoms with Gasteiger partial charge >= 0.3 is 5.97 Å². The van der Waals surface area contributed by atoms with Crippen LogP contribution in [0.25, 0.3) is 17.4 Å². The maximum atomic E-state index is 11.8. The summed E-state index contributed by atoms with van der Waals surface area (Å²) in [7, 11) is 0. The number of aromatic hydroxyl groups is 2. The molecule has 0 aliphatic carbocycles. The van der Waals surface area contributed by atoms with E-state index >= 15 is 0 Å². The van der Waals surface area contributed by atoms with E-state index in [-0.39, 0.29) is 33.3 Å². The molecule has 0 saturated carbocycles. The zero-order valence-corrected chi connectivity index (χ0v) is 13.6. The Balaban J connectivity index is 2.00. The van der Waals surface area contributed by atoms with Gasteiger partial charge in [-0.25, -0.2) is 4.79 Å². The number of benzene rings is 1. The van der Waals surface area contributed by atoms with Crippen LogP contribution in [0.15, 0.2) is 34.3 Å². The van der Waals surface area contributed by atoms with Crippen LogP contribution in [0.4, 0.5) is 0 Å². The van der Waals surface area contributed by atoms with E-state index in [9.17, 15) is 24.6 Å². The van der Waals surface area contributed by atoms with E-state index in [2.05, 4.69) is 10.6 Å². The third kappa shape index (κ3) is 3.13. The third-order valence-corrected chi connectivity index (χ3v) is 3.66. The highest BCUT2D eigenvalue weighted by atomic mass is 32.1. The Hall–Kier alpha value is -3.66. The average molecular weight is 374 g/mol. The molecule has 0 unspecified atom stereocenters. The molecule has 1 aromatic heterocycles. The highest BCUT2D eigenvalue weighted by molar-refractivity contribution is 7.80. The summed E-state index contributed by atoms with van der Waals surface area (Å²) in [6.07, 6.45) is 1.16. The summed E-state index contributed by atoms with van der Waals surface area (Å²) in [5, 5.41) is 33.1. The summed E-state index contributed by atoms with van der Waals surface area (Å²) in [5.41, 5.74) is -0.567. The number of carbonyl (C=O) groups is 3.